The molecule has 5 nitrogen and oxygen atoms in total. The van der Waals surface area contributed by atoms with Crippen LogP contribution in [0.25, 0.3) is 16.6 Å². The molecule has 0 aliphatic heterocycles. The van der Waals surface area contributed by atoms with Gasteiger partial charge in [-0.1, -0.05) is 24.6 Å². The number of halogens is 1. The van der Waals surface area contributed by atoms with Crippen molar-refractivity contribution in [2.45, 2.75) is 82.6 Å². The lowest BCUT2D eigenvalue weighted by Crippen LogP contribution is -2.61. The maximum atomic E-state index is 16.7. The number of allylic oxidation sites excluding steroid dienone is 2. The topological polar surface area (TPSA) is 81.2 Å². The molecule has 4 N–H and O–H groups in total. The van der Waals surface area contributed by atoms with E-state index in [1.54, 1.807) is 6.08 Å². The molecule has 5 unspecified atom stereocenters. The van der Waals surface area contributed by atoms with Gasteiger partial charge in [0.05, 0.1) is 17.1 Å². The van der Waals surface area contributed by atoms with E-state index in [9.17, 15) is 10.2 Å². The molecule has 1 aromatic heterocycles. The predicted octanol–water partition coefficient (Wildman–Crippen LogP) is 5.23. The van der Waals surface area contributed by atoms with Gasteiger partial charge in [-0.05, 0) is 113 Å². The summed E-state index contributed by atoms with van der Waals surface area (Å²) in [5.41, 5.74) is 2.04. The quantitative estimate of drug-likeness (QED) is 0.421. The zero-order valence-corrected chi connectivity index (χ0v) is 21.5. The van der Waals surface area contributed by atoms with Crippen LogP contribution in [0.1, 0.15) is 69.7 Å². The number of benzene rings is 1. The van der Waals surface area contributed by atoms with E-state index >= 15 is 4.39 Å². The molecule has 2 saturated carbocycles. The smallest absolute Gasteiger partial charge is 0.158 e. The van der Waals surface area contributed by atoms with Crippen molar-refractivity contribution in [1.82, 2.24) is 15.3 Å². The number of aromatic nitrogens is 2. The number of aliphatic hydroxyl groups is 2. The Bertz CT molecular complexity index is 1170. The lowest BCUT2D eigenvalue weighted by atomic mass is 9.53. The Labute approximate surface area is 207 Å². The van der Waals surface area contributed by atoms with Crippen molar-refractivity contribution in [2.75, 3.05) is 14.1 Å². The third-order valence-corrected chi connectivity index (χ3v) is 9.29. The summed E-state index contributed by atoms with van der Waals surface area (Å²) in [5.74, 6) is 1.05. The minimum atomic E-state index is -1.72. The van der Waals surface area contributed by atoms with Crippen LogP contribution >= 0.6 is 0 Å². The molecule has 0 amide bonds. The number of aromatic amines is 1. The molecule has 6 rings (SSSR count). The van der Waals surface area contributed by atoms with Crippen molar-refractivity contribution >= 4 is 16.6 Å². The highest BCUT2D eigenvalue weighted by Gasteiger charge is 2.65. The van der Waals surface area contributed by atoms with Crippen LogP contribution in [0.15, 0.2) is 35.9 Å². The third kappa shape index (κ3) is 3.89. The van der Waals surface area contributed by atoms with Gasteiger partial charge in [0, 0.05) is 5.92 Å². The van der Waals surface area contributed by atoms with E-state index in [0.717, 1.165) is 47.3 Å². The molecule has 0 radical (unpaired) electrons. The minimum absolute atomic E-state index is 0.148. The first kappa shape index (κ1) is 24.7. The lowest BCUT2D eigenvalue weighted by Gasteiger charge is -2.55. The van der Waals surface area contributed by atoms with Crippen LogP contribution < -0.4 is 5.32 Å². The SMILES string of the molecule is CNC.Cc1nc2ccc(C3=CCC4C3(C)CCC3(F)C=C5CC(O)CCC5CC[C@]43O)cc2[nH]1. The number of H-pyrrole nitrogens is 1. The van der Waals surface area contributed by atoms with Crippen molar-refractivity contribution in [3.8, 4) is 0 Å². The molecule has 2 fully saturated rings. The van der Waals surface area contributed by atoms with Gasteiger partial charge in [0.2, 0.25) is 0 Å². The standard InChI is InChI=1S/C27H33FN2O2.C2H7N/c1-16-29-22-7-4-18(14-23(22)30-16)21-6-8-24-25(21,2)11-12-26(28)15-19-13-20(31)5-3-17(19)9-10-27(24,26)32;1-3-2/h4,6-7,14-15,17,20,24,31-32H,3,5,8-13H2,1-2H3,(H,29,30);3H,1-2H3/t17?,20?,24?,25?,26?,27-;/m0./s1. The van der Waals surface area contributed by atoms with Crippen molar-refractivity contribution < 1.29 is 14.6 Å². The van der Waals surface area contributed by atoms with Crippen molar-refractivity contribution in [2.24, 2.45) is 17.3 Å². The van der Waals surface area contributed by atoms with Crippen LogP contribution in [0.5, 0.6) is 0 Å². The van der Waals surface area contributed by atoms with Crippen molar-refractivity contribution in [3.05, 3.63) is 47.3 Å². The van der Waals surface area contributed by atoms with Crippen molar-refractivity contribution in [1.29, 1.82) is 0 Å². The third-order valence-electron chi connectivity index (χ3n) is 9.29. The summed E-state index contributed by atoms with van der Waals surface area (Å²) >= 11 is 0. The number of aryl methyl sites for hydroxylation is 1. The maximum absolute atomic E-state index is 16.7. The number of nitrogens with one attached hydrogen (secondary N) is 2. The molecule has 1 heterocycles. The van der Waals surface area contributed by atoms with Gasteiger partial charge >= 0.3 is 0 Å². The molecule has 0 spiro atoms. The molecule has 190 valence electrons. The fraction of sp³-hybridized carbons (Fsp3) is 0.621. The molecule has 1 aromatic carbocycles. The zero-order valence-electron chi connectivity index (χ0n) is 21.5. The Hall–Kier alpha value is -2.02. The van der Waals surface area contributed by atoms with E-state index in [1.165, 1.54) is 5.57 Å². The first-order chi connectivity index (χ1) is 16.6. The predicted molar refractivity (Wildman–Crippen MR) is 139 cm³/mol. The molecule has 4 aliphatic rings. The Morgan fingerprint density at radius 2 is 1.91 bits per heavy atom. The van der Waals surface area contributed by atoms with E-state index in [1.807, 2.05) is 21.0 Å². The molecule has 4 aliphatic carbocycles. The van der Waals surface area contributed by atoms with Gasteiger partial charge in [-0.3, -0.25) is 0 Å². The monoisotopic (exact) mass is 481 g/mol. The van der Waals surface area contributed by atoms with Crippen molar-refractivity contribution in [3.63, 3.8) is 0 Å². The zero-order chi connectivity index (χ0) is 25.0. The summed E-state index contributed by atoms with van der Waals surface area (Å²) < 4.78 is 16.7. The summed E-state index contributed by atoms with van der Waals surface area (Å²) in [6, 6.07) is 6.32. The number of nitrogens with zero attached hydrogens (tertiary/aromatic N) is 1. The second-order valence-corrected chi connectivity index (χ2v) is 11.6. The summed E-state index contributed by atoms with van der Waals surface area (Å²) in [6.45, 7) is 4.19. The van der Waals surface area contributed by atoms with Crippen LogP contribution in [-0.2, 0) is 0 Å². The number of alkyl halides is 1. The molecule has 0 bridgehead atoms. The second-order valence-electron chi connectivity index (χ2n) is 11.6. The Morgan fingerprint density at radius 3 is 2.69 bits per heavy atom. The summed E-state index contributed by atoms with van der Waals surface area (Å²) in [6.07, 6.45) is 8.89. The minimum Gasteiger partial charge on any atom is -0.393 e. The van der Waals surface area contributed by atoms with E-state index in [0.29, 0.717) is 38.0 Å². The van der Waals surface area contributed by atoms with Crippen LogP contribution in [0.3, 0.4) is 0 Å². The largest absolute Gasteiger partial charge is 0.393 e. The maximum Gasteiger partial charge on any atom is 0.158 e. The summed E-state index contributed by atoms with van der Waals surface area (Å²) in [5, 5.41) is 25.0. The van der Waals surface area contributed by atoms with Gasteiger partial charge in [0.25, 0.3) is 0 Å². The highest BCUT2D eigenvalue weighted by molar-refractivity contribution is 5.83. The highest BCUT2D eigenvalue weighted by atomic mass is 19.1. The fourth-order valence-corrected chi connectivity index (χ4v) is 7.54. The lowest BCUT2D eigenvalue weighted by molar-refractivity contribution is -0.172. The highest BCUT2D eigenvalue weighted by Crippen LogP contribution is 2.65. The Balaban J connectivity index is 0.000000806. The average molecular weight is 482 g/mol. The van der Waals surface area contributed by atoms with E-state index in [-0.39, 0.29) is 17.4 Å². The number of fused-ring (bicyclic) bond motifs is 5. The fourth-order valence-electron chi connectivity index (χ4n) is 7.54. The number of rotatable bonds is 1. The van der Waals surface area contributed by atoms with Gasteiger partial charge in [0.15, 0.2) is 5.67 Å². The molecule has 35 heavy (non-hydrogen) atoms. The van der Waals surface area contributed by atoms with Gasteiger partial charge < -0.3 is 20.5 Å². The Morgan fingerprint density at radius 1 is 1.14 bits per heavy atom. The molecule has 6 heteroatoms. The molecular formula is C29H40FN3O2. The summed E-state index contributed by atoms with van der Waals surface area (Å²) in [7, 11) is 3.75. The number of aliphatic hydroxyl groups excluding tert-OH is 1. The normalized spacial score (nSPS) is 38.3. The summed E-state index contributed by atoms with van der Waals surface area (Å²) in [4.78, 5) is 7.85. The first-order valence-corrected chi connectivity index (χ1v) is 13.2. The van der Waals surface area contributed by atoms with Gasteiger partial charge in [0.1, 0.15) is 11.4 Å². The molecule has 2 aromatic rings. The number of hydrogen-bond acceptors (Lipinski definition) is 4. The van der Waals surface area contributed by atoms with Crippen LogP contribution in [0.2, 0.25) is 0 Å². The van der Waals surface area contributed by atoms with E-state index in [2.05, 4.69) is 46.5 Å². The molecular weight excluding hydrogens is 441 g/mol. The van der Waals surface area contributed by atoms with Crippen LogP contribution in [0.4, 0.5) is 4.39 Å². The molecule has 0 saturated heterocycles. The second kappa shape index (κ2) is 8.82. The van der Waals surface area contributed by atoms with Crippen LogP contribution in [-0.4, -0.2) is 51.7 Å². The van der Waals surface area contributed by atoms with E-state index < -0.39 is 11.3 Å². The first-order valence-electron chi connectivity index (χ1n) is 13.2. The van der Waals surface area contributed by atoms with E-state index in [4.69, 9.17) is 0 Å². The van der Waals surface area contributed by atoms with Gasteiger partial charge in [-0.2, -0.15) is 0 Å². The molecule has 6 atom stereocenters. The number of hydrogen-bond donors (Lipinski definition) is 4. The average Bonchev–Trinajstić information content (AvgIpc) is 3.32. The van der Waals surface area contributed by atoms with Gasteiger partial charge in [-0.25, -0.2) is 9.37 Å². The Kier molecular flexibility index (Phi) is 6.22. The number of imidazole rings is 1. The van der Waals surface area contributed by atoms with Gasteiger partial charge in [-0.15, -0.1) is 0 Å². The van der Waals surface area contributed by atoms with Crippen LogP contribution in [0, 0.1) is 24.2 Å².